The lowest BCUT2D eigenvalue weighted by molar-refractivity contribution is -0.117. The van der Waals surface area contributed by atoms with Gasteiger partial charge in [-0.15, -0.1) is 23.2 Å². The predicted octanol–water partition coefficient (Wildman–Crippen LogP) is 7.46. The number of nitrogens with one attached hydrogen (secondary N) is 1. The lowest BCUT2D eigenvalue weighted by Gasteiger charge is -2.11. The second-order valence-electron chi connectivity index (χ2n) is 8.05. The van der Waals surface area contributed by atoms with Crippen molar-refractivity contribution in [3.63, 3.8) is 0 Å². The number of rotatable bonds is 6. The minimum Gasteiger partial charge on any atom is -0.396 e. The molecule has 0 spiro atoms. The van der Waals surface area contributed by atoms with Crippen LogP contribution in [0.2, 0.25) is 15.1 Å². The van der Waals surface area contributed by atoms with Gasteiger partial charge in [0.15, 0.2) is 5.78 Å². The average Bonchev–Trinajstić information content (AvgIpc) is 3.36. The maximum absolute atomic E-state index is 13.7. The minimum absolute atomic E-state index is 0.0190. The van der Waals surface area contributed by atoms with Gasteiger partial charge in [0.2, 0.25) is 5.91 Å². The summed E-state index contributed by atoms with van der Waals surface area (Å²) >= 11 is 30.9. The third kappa shape index (κ3) is 5.23. The van der Waals surface area contributed by atoms with E-state index in [4.69, 9.17) is 63.7 Å². The van der Waals surface area contributed by atoms with Gasteiger partial charge in [0.05, 0.1) is 26.7 Å². The standard InChI is InChI=1S/C24H15Cl5F2N2O2/c25-15-4-2-13(9-14(15)19(34)7-11-5-12(30)8-18(31)22(11)32)33-23(35)21-20(24(21,28)29)10-1-3-16(26)17(27)6-10/h1-6,8-9,20-21H,7,32H2,(H,33,35)/t20-,21+/m0/s1. The number of Topliss-reactive ketones (excluding diaryl/α,β-unsaturated/α-hetero) is 1. The van der Waals surface area contributed by atoms with Crippen LogP contribution < -0.4 is 11.1 Å². The van der Waals surface area contributed by atoms with Crippen LogP contribution in [-0.2, 0) is 11.2 Å². The maximum Gasteiger partial charge on any atom is 0.231 e. The van der Waals surface area contributed by atoms with Crippen LogP contribution in [-0.4, -0.2) is 16.0 Å². The molecule has 1 amide bonds. The summed E-state index contributed by atoms with van der Waals surface area (Å²) in [6.45, 7) is 0. The second kappa shape index (κ2) is 9.75. The highest BCUT2D eigenvalue weighted by Crippen LogP contribution is 2.65. The first kappa shape index (κ1) is 26.0. The van der Waals surface area contributed by atoms with Crippen molar-refractivity contribution < 1.29 is 18.4 Å². The van der Waals surface area contributed by atoms with E-state index in [0.29, 0.717) is 21.7 Å². The molecule has 4 nitrogen and oxygen atoms in total. The molecule has 0 aliphatic heterocycles. The Morgan fingerprint density at radius 1 is 0.943 bits per heavy atom. The summed E-state index contributed by atoms with van der Waals surface area (Å²) in [7, 11) is 0. The molecular weight excluding hydrogens is 564 g/mol. The van der Waals surface area contributed by atoms with Crippen LogP contribution in [0.1, 0.15) is 27.4 Å². The van der Waals surface area contributed by atoms with Gasteiger partial charge in [0.1, 0.15) is 16.0 Å². The molecule has 0 saturated heterocycles. The summed E-state index contributed by atoms with van der Waals surface area (Å²) < 4.78 is 25.9. The number of ketones is 1. The topological polar surface area (TPSA) is 72.2 Å². The summed E-state index contributed by atoms with van der Waals surface area (Å²) in [5, 5.41) is 3.43. The molecule has 3 aromatic rings. The molecule has 3 N–H and O–H groups in total. The van der Waals surface area contributed by atoms with Crippen LogP contribution in [0.3, 0.4) is 0 Å². The average molecular weight is 579 g/mol. The van der Waals surface area contributed by atoms with Crippen molar-refractivity contribution in [2.45, 2.75) is 16.7 Å². The van der Waals surface area contributed by atoms with E-state index < -0.39 is 45.9 Å². The van der Waals surface area contributed by atoms with E-state index in [9.17, 15) is 18.4 Å². The van der Waals surface area contributed by atoms with Crippen molar-refractivity contribution in [2.75, 3.05) is 11.1 Å². The molecule has 182 valence electrons. The number of carbonyl (C=O) groups excluding carboxylic acids is 2. The summed E-state index contributed by atoms with van der Waals surface area (Å²) in [6.07, 6.45) is -0.397. The quantitative estimate of drug-likeness (QED) is 0.181. The van der Waals surface area contributed by atoms with Crippen molar-refractivity contribution in [2.24, 2.45) is 5.92 Å². The van der Waals surface area contributed by atoms with Crippen LogP contribution in [0.25, 0.3) is 0 Å². The maximum atomic E-state index is 13.7. The number of halogens is 7. The minimum atomic E-state index is -1.37. The number of nitrogens with two attached hydrogens (primary N) is 1. The molecule has 4 rings (SSSR count). The molecule has 3 aromatic carbocycles. The molecule has 0 aromatic heterocycles. The highest BCUT2D eigenvalue weighted by Gasteiger charge is 2.67. The van der Waals surface area contributed by atoms with Gasteiger partial charge in [0.25, 0.3) is 0 Å². The first-order valence-electron chi connectivity index (χ1n) is 10.1. The molecule has 1 aliphatic carbocycles. The van der Waals surface area contributed by atoms with Gasteiger partial charge in [-0.1, -0.05) is 40.9 Å². The van der Waals surface area contributed by atoms with Crippen molar-refractivity contribution in [1.82, 2.24) is 0 Å². The number of hydrogen-bond acceptors (Lipinski definition) is 3. The number of amides is 1. The third-order valence-electron chi connectivity index (χ3n) is 5.70. The zero-order chi connectivity index (χ0) is 25.7. The van der Waals surface area contributed by atoms with E-state index in [2.05, 4.69) is 5.32 Å². The first-order valence-corrected chi connectivity index (χ1v) is 12.0. The normalized spacial score (nSPS) is 18.3. The Morgan fingerprint density at radius 3 is 2.31 bits per heavy atom. The van der Waals surface area contributed by atoms with Crippen molar-refractivity contribution in [1.29, 1.82) is 0 Å². The molecule has 0 bridgehead atoms. The molecule has 1 aliphatic rings. The molecule has 35 heavy (non-hydrogen) atoms. The fourth-order valence-corrected chi connectivity index (χ4v) is 5.22. The fraction of sp³-hybridized carbons (Fsp3) is 0.167. The number of benzene rings is 3. The third-order valence-corrected chi connectivity index (χ3v) is 7.71. The van der Waals surface area contributed by atoms with E-state index in [1.165, 1.54) is 18.2 Å². The Labute approximate surface area is 224 Å². The van der Waals surface area contributed by atoms with Crippen LogP contribution in [0.5, 0.6) is 0 Å². The molecule has 1 fully saturated rings. The smallest absolute Gasteiger partial charge is 0.231 e. The number of hydrogen-bond donors (Lipinski definition) is 2. The van der Waals surface area contributed by atoms with E-state index in [1.807, 2.05) is 0 Å². The first-order chi connectivity index (χ1) is 16.4. The highest BCUT2D eigenvalue weighted by molar-refractivity contribution is 6.53. The Morgan fingerprint density at radius 2 is 1.63 bits per heavy atom. The molecular formula is C24H15Cl5F2N2O2. The molecule has 0 heterocycles. The van der Waals surface area contributed by atoms with Gasteiger partial charge >= 0.3 is 0 Å². The Hall–Kier alpha value is -2.09. The summed E-state index contributed by atoms with van der Waals surface area (Å²) in [5.41, 5.74) is 6.22. The molecule has 2 atom stereocenters. The molecule has 1 saturated carbocycles. The van der Waals surface area contributed by atoms with Gasteiger partial charge < -0.3 is 11.1 Å². The zero-order valence-electron chi connectivity index (χ0n) is 17.5. The van der Waals surface area contributed by atoms with Crippen molar-refractivity contribution >= 4 is 81.1 Å². The van der Waals surface area contributed by atoms with Crippen LogP contribution in [0, 0.1) is 17.6 Å². The van der Waals surface area contributed by atoms with Crippen LogP contribution in [0.15, 0.2) is 48.5 Å². The summed E-state index contributed by atoms with van der Waals surface area (Å²) in [6, 6.07) is 10.7. The van der Waals surface area contributed by atoms with E-state index in [0.717, 1.165) is 6.07 Å². The van der Waals surface area contributed by atoms with Gasteiger partial charge in [-0.3, -0.25) is 9.59 Å². The molecule has 0 radical (unpaired) electrons. The monoisotopic (exact) mass is 576 g/mol. The fourth-order valence-electron chi connectivity index (χ4n) is 3.86. The zero-order valence-corrected chi connectivity index (χ0v) is 21.3. The SMILES string of the molecule is Nc1c(F)cc(F)cc1CC(=O)c1cc(NC(=O)[C@H]2[C@H](c3ccc(Cl)c(Cl)c3)C2(Cl)Cl)ccc1Cl. The van der Waals surface area contributed by atoms with E-state index in [1.54, 1.807) is 18.2 Å². The Kier molecular flexibility index (Phi) is 7.24. The summed E-state index contributed by atoms with van der Waals surface area (Å²) in [4.78, 5) is 25.8. The van der Waals surface area contributed by atoms with Crippen LogP contribution in [0.4, 0.5) is 20.2 Å². The number of nitrogen functional groups attached to an aromatic ring is 1. The van der Waals surface area contributed by atoms with Gasteiger partial charge in [-0.2, -0.15) is 0 Å². The molecule has 11 heteroatoms. The lowest BCUT2D eigenvalue weighted by Crippen LogP contribution is -2.17. The lowest BCUT2D eigenvalue weighted by atomic mass is 10.0. The Balaban J connectivity index is 1.52. The Bertz CT molecular complexity index is 1370. The van der Waals surface area contributed by atoms with Crippen LogP contribution >= 0.6 is 58.0 Å². The number of anilines is 2. The van der Waals surface area contributed by atoms with E-state index in [-0.39, 0.29) is 27.5 Å². The van der Waals surface area contributed by atoms with Gasteiger partial charge in [-0.25, -0.2) is 8.78 Å². The number of alkyl halides is 2. The van der Waals surface area contributed by atoms with E-state index >= 15 is 0 Å². The molecule has 0 unspecified atom stereocenters. The van der Waals surface area contributed by atoms with Gasteiger partial charge in [0, 0.05) is 29.7 Å². The van der Waals surface area contributed by atoms with Crippen molar-refractivity contribution in [3.05, 3.63) is 91.9 Å². The predicted molar refractivity (Wildman–Crippen MR) is 136 cm³/mol. The number of carbonyl (C=O) groups is 2. The van der Waals surface area contributed by atoms with Crippen molar-refractivity contribution in [3.8, 4) is 0 Å². The highest BCUT2D eigenvalue weighted by atomic mass is 35.5. The second-order valence-corrected chi connectivity index (χ2v) is 10.7. The largest absolute Gasteiger partial charge is 0.396 e. The van der Waals surface area contributed by atoms with Gasteiger partial charge in [-0.05, 0) is 47.5 Å². The summed E-state index contributed by atoms with van der Waals surface area (Å²) in [5.74, 6) is -4.19.